The number of carbonyl (C=O) groups excluding carboxylic acids is 1. The maximum absolute atomic E-state index is 13.2. The van der Waals surface area contributed by atoms with Crippen LogP contribution in [0.5, 0.6) is 0 Å². The van der Waals surface area contributed by atoms with Crippen LogP contribution < -0.4 is 5.32 Å². The fourth-order valence-corrected chi connectivity index (χ4v) is 2.20. The third kappa shape index (κ3) is 3.91. The molecule has 0 saturated heterocycles. The van der Waals surface area contributed by atoms with Crippen LogP contribution in [-0.2, 0) is 11.3 Å². The molecule has 0 bridgehead atoms. The first-order valence-electron chi connectivity index (χ1n) is 7.64. The van der Waals surface area contributed by atoms with Gasteiger partial charge in [0.25, 0.3) is 5.91 Å². The zero-order valence-electron chi connectivity index (χ0n) is 13.7. The number of nitrogens with one attached hydrogen (secondary N) is 1. The number of hydrogen-bond acceptors (Lipinski definition) is 5. The Morgan fingerprint density at radius 1 is 1.38 bits per heavy atom. The van der Waals surface area contributed by atoms with Crippen molar-refractivity contribution in [3.8, 4) is 0 Å². The van der Waals surface area contributed by atoms with Gasteiger partial charge in [-0.2, -0.15) is 5.10 Å². The summed E-state index contributed by atoms with van der Waals surface area (Å²) in [6.07, 6.45) is 4.01. The van der Waals surface area contributed by atoms with E-state index in [1.54, 1.807) is 12.1 Å². The van der Waals surface area contributed by atoms with Gasteiger partial charge in [-0.1, -0.05) is 12.1 Å². The molecule has 2 aromatic heterocycles. The summed E-state index contributed by atoms with van der Waals surface area (Å²) in [7, 11) is 0. The van der Waals surface area contributed by atoms with Crippen LogP contribution in [0.4, 0.5) is 10.3 Å². The molecule has 0 fully saturated rings. The van der Waals surface area contributed by atoms with Gasteiger partial charge >= 0.3 is 5.97 Å². The second-order valence-corrected chi connectivity index (χ2v) is 5.57. The normalized spacial score (nSPS) is 11.9. The van der Waals surface area contributed by atoms with E-state index in [4.69, 9.17) is 5.11 Å². The number of aliphatic carboxylic acids is 1. The van der Waals surface area contributed by atoms with Crippen LogP contribution in [0.1, 0.15) is 28.9 Å². The fourth-order valence-electron chi connectivity index (χ4n) is 2.20. The Morgan fingerprint density at radius 2 is 2.19 bits per heavy atom. The van der Waals surface area contributed by atoms with Gasteiger partial charge in [0.1, 0.15) is 18.2 Å². The molecule has 0 radical (unpaired) electrons. The smallest absolute Gasteiger partial charge is 0.328 e. The van der Waals surface area contributed by atoms with E-state index in [9.17, 15) is 14.0 Å². The molecule has 3 rings (SSSR count). The van der Waals surface area contributed by atoms with Crippen molar-refractivity contribution >= 4 is 17.8 Å². The monoisotopic (exact) mass is 358 g/mol. The number of halogens is 1. The van der Waals surface area contributed by atoms with Gasteiger partial charge < -0.3 is 5.11 Å². The van der Waals surface area contributed by atoms with Gasteiger partial charge in [-0.05, 0) is 24.6 Å². The Hall–Kier alpha value is -3.56. The van der Waals surface area contributed by atoms with Gasteiger partial charge in [0, 0.05) is 6.20 Å². The van der Waals surface area contributed by atoms with Crippen molar-refractivity contribution in [1.29, 1.82) is 0 Å². The Kier molecular flexibility index (Phi) is 4.74. The molecule has 0 spiro atoms. The molecule has 0 saturated carbocycles. The zero-order valence-corrected chi connectivity index (χ0v) is 13.7. The molecule has 0 aliphatic rings. The van der Waals surface area contributed by atoms with E-state index in [1.165, 1.54) is 47.1 Å². The standard InChI is InChI=1S/C16H15FN6O3/c1-10(15(25)26)23-8-12(6-19-23)14(24)20-16-18-9-22(21-16)7-11-3-2-4-13(17)5-11/h2-6,8-10H,7H2,1H3,(H,25,26)(H,20,21,24). The highest BCUT2D eigenvalue weighted by Gasteiger charge is 2.17. The average molecular weight is 358 g/mol. The molecule has 9 nitrogen and oxygen atoms in total. The fraction of sp³-hybridized carbons (Fsp3) is 0.188. The first-order valence-corrected chi connectivity index (χ1v) is 7.64. The van der Waals surface area contributed by atoms with E-state index in [0.29, 0.717) is 12.1 Å². The van der Waals surface area contributed by atoms with Gasteiger partial charge in [0.2, 0.25) is 5.95 Å². The molecule has 3 aromatic rings. The lowest BCUT2D eigenvalue weighted by Crippen LogP contribution is -2.16. The molecular formula is C16H15FN6O3. The molecule has 1 unspecified atom stereocenters. The van der Waals surface area contributed by atoms with Crippen LogP contribution in [0, 0.1) is 5.82 Å². The summed E-state index contributed by atoms with van der Waals surface area (Å²) in [5.74, 6) is -1.84. The van der Waals surface area contributed by atoms with E-state index < -0.39 is 17.9 Å². The van der Waals surface area contributed by atoms with Crippen LogP contribution in [0.3, 0.4) is 0 Å². The third-order valence-electron chi connectivity index (χ3n) is 3.61. The number of carbonyl (C=O) groups is 2. The molecule has 0 aliphatic heterocycles. The van der Waals surface area contributed by atoms with Crippen LogP contribution in [0.15, 0.2) is 43.0 Å². The summed E-state index contributed by atoms with van der Waals surface area (Å²) in [6.45, 7) is 1.75. The largest absolute Gasteiger partial charge is 0.480 e. The maximum atomic E-state index is 13.2. The van der Waals surface area contributed by atoms with Crippen molar-refractivity contribution in [3.63, 3.8) is 0 Å². The Bertz CT molecular complexity index is 951. The second-order valence-electron chi connectivity index (χ2n) is 5.57. The highest BCUT2D eigenvalue weighted by Crippen LogP contribution is 2.10. The maximum Gasteiger partial charge on any atom is 0.328 e. The highest BCUT2D eigenvalue weighted by atomic mass is 19.1. The number of carboxylic acid groups (broad SMARTS) is 1. The minimum Gasteiger partial charge on any atom is -0.480 e. The molecule has 26 heavy (non-hydrogen) atoms. The van der Waals surface area contributed by atoms with Gasteiger partial charge in [-0.25, -0.2) is 18.9 Å². The van der Waals surface area contributed by atoms with Crippen molar-refractivity contribution in [1.82, 2.24) is 24.5 Å². The number of rotatable bonds is 6. The molecule has 1 aromatic carbocycles. The summed E-state index contributed by atoms with van der Waals surface area (Å²) < 4.78 is 15.8. The van der Waals surface area contributed by atoms with Gasteiger partial charge in [-0.15, -0.1) is 5.10 Å². The predicted octanol–water partition coefficient (Wildman–Crippen LogP) is 1.56. The molecule has 0 aliphatic carbocycles. The Balaban J connectivity index is 1.65. The Labute approximate surface area is 147 Å². The average Bonchev–Trinajstić information content (AvgIpc) is 3.24. The number of amides is 1. The quantitative estimate of drug-likeness (QED) is 0.691. The van der Waals surface area contributed by atoms with E-state index in [0.717, 1.165) is 0 Å². The summed E-state index contributed by atoms with van der Waals surface area (Å²) in [5.41, 5.74) is 0.885. The molecular weight excluding hydrogens is 343 g/mol. The highest BCUT2D eigenvalue weighted by molar-refractivity contribution is 6.02. The predicted molar refractivity (Wildman–Crippen MR) is 88.1 cm³/mol. The van der Waals surface area contributed by atoms with Crippen LogP contribution >= 0.6 is 0 Å². The lowest BCUT2D eigenvalue weighted by Gasteiger charge is -2.05. The molecule has 1 atom stereocenters. The van der Waals surface area contributed by atoms with Crippen molar-refractivity contribution < 1.29 is 19.1 Å². The lowest BCUT2D eigenvalue weighted by atomic mass is 10.2. The van der Waals surface area contributed by atoms with Gasteiger partial charge in [0.15, 0.2) is 0 Å². The summed E-state index contributed by atoms with van der Waals surface area (Å²) in [4.78, 5) is 27.1. The van der Waals surface area contributed by atoms with E-state index >= 15 is 0 Å². The van der Waals surface area contributed by atoms with E-state index in [2.05, 4.69) is 20.5 Å². The van der Waals surface area contributed by atoms with E-state index in [1.807, 2.05) is 0 Å². The van der Waals surface area contributed by atoms with Crippen molar-refractivity contribution in [3.05, 3.63) is 59.9 Å². The van der Waals surface area contributed by atoms with Gasteiger partial charge in [0.05, 0.1) is 18.3 Å². The van der Waals surface area contributed by atoms with Crippen LogP contribution in [0.25, 0.3) is 0 Å². The number of anilines is 1. The summed E-state index contributed by atoms with van der Waals surface area (Å²) in [5, 5.41) is 19.4. The van der Waals surface area contributed by atoms with Gasteiger partial charge in [-0.3, -0.25) is 14.8 Å². The first kappa shape index (κ1) is 17.3. The Morgan fingerprint density at radius 3 is 2.92 bits per heavy atom. The number of aromatic nitrogens is 5. The number of carboxylic acids is 1. The number of benzene rings is 1. The molecule has 10 heteroatoms. The number of nitrogens with zero attached hydrogens (tertiary/aromatic N) is 5. The van der Waals surface area contributed by atoms with E-state index in [-0.39, 0.29) is 17.3 Å². The zero-order chi connectivity index (χ0) is 18.7. The van der Waals surface area contributed by atoms with Crippen molar-refractivity contribution in [2.45, 2.75) is 19.5 Å². The topological polar surface area (TPSA) is 115 Å². The third-order valence-corrected chi connectivity index (χ3v) is 3.61. The van der Waals surface area contributed by atoms with Crippen LogP contribution in [-0.4, -0.2) is 41.5 Å². The molecule has 134 valence electrons. The first-order chi connectivity index (χ1) is 12.4. The van der Waals surface area contributed by atoms with Crippen molar-refractivity contribution in [2.75, 3.05) is 5.32 Å². The summed E-state index contributed by atoms with van der Waals surface area (Å²) >= 11 is 0. The molecule has 2 N–H and O–H groups in total. The molecule has 2 heterocycles. The minimum atomic E-state index is -1.06. The lowest BCUT2D eigenvalue weighted by molar-refractivity contribution is -0.140. The number of hydrogen-bond donors (Lipinski definition) is 2. The summed E-state index contributed by atoms with van der Waals surface area (Å²) in [6, 6.07) is 5.20. The SMILES string of the molecule is CC(C(=O)O)n1cc(C(=O)Nc2ncn(Cc3cccc(F)c3)n2)cn1. The van der Waals surface area contributed by atoms with Crippen LogP contribution in [0.2, 0.25) is 0 Å². The molecule has 1 amide bonds. The minimum absolute atomic E-state index is 0.0745. The van der Waals surface area contributed by atoms with Crippen molar-refractivity contribution in [2.24, 2.45) is 0 Å². The second kappa shape index (κ2) is 7.13.